The Morgan fingerprint density at radius 1 is 1.28 bits per heavy atom. The lowest BCUT2D eigenvalue weighted by Gasteiger charge is -2.30. The van der Waals surface area contributed by atoms with E-state index in [4.69, 9.17) is 5.11 Å². The molecule has 1 aromatic heterocycles. The van der Waals surface area contributed by atoms with E-state index in [-0.39, 0.29) is 0 Å². The Morgan fingerprint density at radius 2 is 2.06 bits per heavy atom. The van der Waals surface area contributed by atoms with Crippen LogP contribution in [0, 0.1) is 0 Å². The van der Waals surface area contributed by atoms with Crippen molar-refractivity contribution in [1.82, 2.24) is 4.90 Å². The zero-order valence-electron chi connectivity index (χ0n) is 10.0. The fraction of sp³-hybridized carbons (Fsp3) is 0.357. The molecule has 3 rings (SSSR count). The second-order valence-corrected chi connectivity index (χ2v) is 5.67. The number of hydrogen-bond acceptors (Lipinski definition) is 2. The normalized spacial score (nSPS) is 17.2. The zero-order valence-corrected chi connectivity index (χ0v) is 10.8. The van der Waals surface area contributed by atoms with Crippen LogP contribution in [0.15, 0.2) is 29.6 Å². The van der Waals surface area contributed by atoms with Crippen molar-refractivity contribution in [3.63, 3.8) is 0 Å². The number of carbonyl (C=O) groups is 1. The van der Waals surface area contributed by atoms with E-state index >= 15 is 0 Å². The number of carboxylic acid groups (broad SMARTS) is 1. The highest BCUT2D eigenvalue weighted by atomic mass is 32.1. The molecular formula is C14H15NO2S. The molecule has 0 radical (unpaired) electrons. The molecule has 1 aromatic carbocycles. The smallest absolute Gasteiger partial charge is 0.407 e. The molecule has 18 heavy (non-hydrogen) atoms. The predicted molar refractivity (Wildman–Crippen MR) is 73.4 cm³/mol. The highest BCUT2D eigenvalue weighted by Gasteiger charge is 2.24. The van der Waals surface area contributed by atoms with E-state index in [1.54, 1.807) is 11.3 Å². The van der Waals surface area contributed by atoms with Crippen LogP contribution in [0.5, 0.6) is 0 Å². The highest BCUT2D eigenvalue weighted by Crippen LogP contribution is 2.34. The third kappa shape index (κ3) is 1.97. The number of nitrogens with zero attached hydrogens (tertiary/aromatic N) is 1. The van der Waals surface area contributed by atoms with Crippen molar-refractivity contribution < 1.29 is 9.90 Å². The Kier molecular flexibility index (Phi) is 2.96. The van der Waals surface area contributed by atoms with Crippen molar-refractivity contribution in [2.24, 2.45) is 0 Å². The summed E-state index contributed by atoms with van der Waals surface area (Å²) in [6.45, 7) is 1.31. The molecule has 1 aliphatic heterocycles. The van der Waals surface area contributed by atoms with Crippen molar-refractivity contribution >= 4 is 27.5 Å². The number of amides is 1. The lowest BCUT2D eigenvalue weighted by molar-refractivity contribution is 0.132. The van der Waals surface area contributed by atoms with Gasteiger partial charge in [-0.3, -0.25) is 0 Å². The summed E-state index contributed by atoms with van der Waals surface area (Å²) in [5.74, 6) is 0.499. The molecule has 0 atom stereocenters. The minimum Gasteiger partial charge on any atom is -0.465 e. The van der Waals surface area contributed by atoms with E-state index in [0.29, 0.717) is 19.0 Å². The van der Waals surface area contributed by atoms with Gasteiger partial charge in [0.1, 0.15) is 0 Å². The maximum absolute atomic E-state index is 10.9. The first kappa shape index (κ1) is 11.5. The van der Waals surface area contributed by atoms with Crippen LogP contribution < -0.4 is 0 Å². The molecule has 0 saturated carbocycles. The molecule has 0 unspecified atom stereocenters. The van der Waals surface area contributed by atoms with Gasteiger partial charge in [0.15, 0.2) is 0 Å². The van der Waals surface area contributed by atoms with Crippen molar-refractivity contribution in [2.45, 2.75) is 18.8 Å². The van der Waals surface area contributed by atoms with Gasteiger partial charge in [0.05, 0.1) is 0 Å². The Labute approximate surface area is 110 Å². The highest BCUT2D eigenvalue weighted by molar-refractivity contribution is 7.17. The van der Waals surface area contributed by atoms with Gasteiger partial charge in [-0.2, -0.15) is 0 Å². The number of benzene rings is 1. The summed E-state index contributed by atoms with van der Waals surface area (Å²) in [4.78, 5) is 12.4. The van der Waals surface area contributed by atoms with Crippen molar-refractivity contribution in [1.29, 1.82) is 0 Å². The maximum Gasteiger partial charge on any atom is 0.407 e. The Morgan fingerprint density at radius 3 is 2.78 bits per heavy atom. The van der Waals surface area contributed by atoms with Gasteiger partial charge in [-0.1, -0.05) is 12.1 Å². The number of hydrogen-bond donors (Lipinski definition) is 1. The SMILES string of the molecule is O=C(O)N1CCC(c2cccc3sccc23)CC1. The van der Waals surface area contributed by atoms with Gasteiger partial charge < -0.3 is 10.0 Å². The van der Waals surface area contributed by atoms with Crippen molar-refractivity contribution in [3.05, 3.63) is 35.2 Å². The lowest BCUT2D eigenvalue weighted by atomic mass is 9.88. The molecule has 0 bridgehead atoms. The van der Waals surface area contributed by atoms with E-state index in [1.165, 1.54) is 20.5 Å². The minimum absolute atomic E-state index is 0.499. The van der Waals surface area contributed by atoms with E-state index in [9.17, 15) is 4.79 Å². The molecule has 94 valence electrons. The molecule has 1 N–H and O–H groups in total. The number of piperidine rings is 1. The predicted octanol–water partition coefficient (Wildman–Crippen LogP) is 3.76. The van der Waals surface area contributed by atoms with Crippen LogP contribution in [0.4, 0.5) is 4.79 Å². The topological polar surface area (TPSA) is 40.5 Å². The molecule has 0 spiro atoms. The van der Waals surface area contributed by atoms with Crippen molar-refractivity contribution in [3.8, 4) is 0 Å². The van der Waals surface area contributed by atoms with Crippen LogP contribution in [0.3, 0.4) is 0 Å². The first-order chi connectivity index (χ1) is 8.75. The molecule has 0 aliphatic carbocycles. The monoisotopic (exact) mass is 261 g/mol. The molecule has 2 heterocycles. The van der Waals surface area contributed by atoms with E-state index < -0.39 is 6.09 Å². The van der Waals surface area contributed by atoms with E-state index in [0.717, 1.165) is 12.8 Å². The number of rotatable bonds is 1. The molecule has 1 fully saturated rings. The lowest BCUT2D eigenvalue weighted by Crippen LogP contribution is -2.36. The van der Waals surface area contributed by atoms with Gasteiger partial charge >= 0.3 is 6.09 Å². The quantitative estimate of drug-likeness (QED) is 0.849. The molecular weight excluding hydrogens is 246 g/mol. The third-order valence-corrected chi connectivity index (χ3v) is 4.62. The standard InChI is InChI=1S/C14H15NO2S/c16-14(17)15-7-4-10(5-8-15)11-2-1-3-13-12(11)6-9-18-13/h1-3,6,9-10H,4-5,7-8H2,(H,16,17). The average molecular weight is 261 g/mol. The van der Waals surface area contributed by atoms with Gasteiger partial charge in [0, 0.05) is 17.8 Å². The second kappa shape index (κ2) is 4.61. The Hall–Kier alpha value is -1.55. The molecule has 4 heteroatoms. The summed E-state index contributed by atoms with van der Waals surface area (Å²) in [5, 5.41) is 12.4. The van der Waals surface area contributed by atoms with Gasteiger partial charge in [-0.05, 0) is 47.2 Å². The Balaban J connectivity index is 1.84. The zero-order chi connectivity index (χ0) is 12.5. The molecule has 3 nitrogen and oxygen atoms in total. The molecule has 1 aliphatic rings. The van der Waals surface area contributed by atoms with Crippen LogP contribution >= 0.6 is 11.3 Å². The van der Waals surface area contributed by atoms with Crippen LogP contribution in [0.2, 0.25) is 0 Å². The molecule has 2 aromatic rings. The second-order valence-electron chi connectivity index (χ2n) is 4.72. The van der Waals surface area contributed by atoms with Gasteiger partial charge in [-0.15, -0.1) is 11.3 Å². The van der Waals surface area contributed by atoms with E-state index in [1.807, 2.05) is 0 Å². The van der Waals surface area contributed by atoms with Crippen LogP contribution in [0.25, 0.3) is 10.1 Å². The summed E-state index contributed by atoms with van der Waals surface area (Å²) in [6, 6.07) is 8.63. The molecule has 1 saturated heterocycles. The first-order valence-electron chi connectivity index (χ1n) is 6.19. The molecule has 1 amide bonds. The summed E-state index contributed by atoms with van der Waals surface area (Å²) in [7, 11) is 0. The number of fused-ring (bicyclic) bond motifs is 1. The Bertz CT molecular complexity index is 570. The maximum atomic E-state index is 10.9. The fourth-order valence-electron chi connectivity index (χ4n) is 2.76. The largest absolute Gasteiger partial charge is 0.465 e. The fourth-order valence-corrected chi connectivity index (χ4v) is 3.58. The first-order valence-corrected chi connectivity index (χ1v) is 7.07. The summed E-state index contributed by atoms with van der Waals surface area (Å²) < 4.78 is 1.33. The third-order valence-electron chi connectivity index (χ3n) is 3.73. The number of likely N-dealkylation sites (tertiary alicyclic amines) is 1. The van der Waals surface area contributed by atoms with Crippen LogP contribution in [-0.4, -0.2) is 29.2 Å². The van der Waals surface area contributed by atoms with Gasteiger partial charge in [0.2, 0.25) is 0 Å². The summed E-state index contributed by atoms with van der Waals surface area (Å²) >= 11 is 1.77. The van der Waals surface area contributed by atoms with Crippen LogP contribution in [0.1, 0.15) is 24.3 Å². The van der Waals surface area contributed by atoms with E-state index in [2.05, 4.69) is 29.6 Å². The van der Waals surface area contributed by atoms with Crippen molar-refractivity contribution in [2.75, 3.05) is 13.1 Å². The van der Waals surface area contributed by atoms with Crippen LogP contribution in [-0.2, 0) is 0 Å². The average Bonchev–Trinajstić information content (AvgIpc) is 2.87. The van der Waals surface area contributed by atoms with Gasteiger partial charge in [-0.25, -0.2) is 4.79 Å². The summed E-state index contributed by atoms with van der Waals surface area (Å²) in [5.41, 5.74) is 1.39. The minimum atomic E-state index is -0.790. The summed E-state index contributed by atoms with van der Waals surface area (Å²) in [6.07, 6.45) is 1.07. The number of thiophene rings is 1. The van der Waals surface area contributed by atoms with Gasteiger partial charge in [0.25, 0.3) is 0 Å².